The molecule has 5 nitrogen and oxygen atoms in total. The number of hydrogen-bond acceptors (Lipinski definition) is 4. The second kappa shape index (κ2) is 9.40. The van der Waals surface area contributed by atoms with Crippen LogP contribution in [0.3, 0.4) is 0 Å². The number of carboxylic acid groups (broad SMARTS) is 1. The Morgan fingerprint density at radius 1 is 1.06 bits per heavy atom. The van der Waals surface area contributed by atoms with Gasteiger partial charge in [-0.3, -0.25) is 4.79 Å². The van der Waals surface area contributed by atoms with Crippen LogP contribution in [0.2, 0.25) is 0 Å². The normalized spacial score (nSPS) is 16.9. The van der Waals surface area contributed by atoms with E-state index in [1.807, 2.05) is 36.4 Å². The number of likely N-dealkylation sites (tertiary alicyclic amines) is 1. The Labute approximate surface area is 183 Å². The molecule has 0 amide bonds. The topological polar surface area (TPSA) is 59.0 Å². The molecular formula is C26H29NO4. The molecule has 0 bridgehead atoms. The van der Waals surface area contributed by atoms with Gasteiger partial charge in [0.25, 0.3) is 0 Å². The summed E-state index contributed by atoms with van der Waals surface area (Å²) < 4.78 is 12.3. The Morgan fingerprint density at radius 3 is 2.58 bits per heavy atom. The first-order valence-corrected chi connectivity index (χ1v) is 10.8. The summed E-state index contributed by atoms with van der Waals surface area (Å²) in [5, 5.41) is 11.3. The first kappa shape index (κ1) is 21.2. The van der Waals surface area contributed by atoms with Gasteiger partial charge in [0.2, 0.25) is 0 Å². The van der Waals surface area contributed by atoms with Gasteiger partial charge in [0.05, 0.1) is 12.7 Å². The summed E-state index contributed by atoms with van der Waals surface area (Å²) in [7, 11) is 3.81. The second-order valence-corrected chi connectivity index (χ2v) is 8.19. The first-order valence-electron chi connectivity index (χ1n) is 10.8. The fourth-order valence-corrected chi connectivity index (χ4v) is 4.49. The number of rotatable bonds is 7. The van der Waals surface area contributed by atoms with Crippen LogP contribution < -0.4 is 9.47 Å². The SMILES string of the molecule is COc1cccc(OC2CCCN(C)C2)c1-c1cccc2c(CCC(=O)O)cccc12. The number of piperidine rings is 1. The third-order valence-corrected chi connectivity index (χ3v) is 5.97. The van der Waals surface area contributed by atoms with Crippen LogP contribution in [-0.2, 0) is 11.2 Å². The Hall–Kier alpha value is -3.05. The zero-order valence-corrected chi connectivity index (χ0v) is 18.1. The van der Waals surface area contributed by atoms with Crippen molar-refractivity contribution in [2.45, 2.75) is 31.8 Å². The minimum atomic E-state index is -0.786. The van der Waals surface area contributed by atoms with Crippen LogP contribution in [0, 0.1) is 0 Å². The molecule has 5 heteroatoms. The van der Waals surface area contributed by atoms with E-state index < -0.39 is 5.97 Å². The van der Waals surface area contributed by atoms with Gasteiger partial charge in [0.15, 0.2) is 0 Å². The number of benzene rings is 3. The summed E-state index contributed by atoms with van der Waals surface area (Å²) in [5.74, 6) is 0.805. The molecule has 0 spiro atoms. The molecule has 162 valence electrons. The van der Waals surface area contributed by atoms with Crippen LogP contribution in [0.5, 0.6) is 11.5 Å². The number of fused-ring (bicyclic) bond motifs is 1. The molecule has 3 aromatic carbocycles. The molecule has 1 aliphatic rings. The molecule has 1 heterocycles. The fourth-order valence-electron chi connectivity index (χ4n) is 4.49. The predicted molar refractivity (Wildman–Crippen MR) is 123 cm³/mol. The van der Waals surface area contributed by atoms with Crippen molar-refractivity contribution in [1.82, 2.24) is 4.90 Å². The van der Waals surface area contributed by atoms with Gasteiger partial charge in [0.1, 0.15) is 17.6 Å². The third-order valence-electron chi connectivity index (χ3n) is 5.97. The lowest BCUT2D eigenvalue weighted by atomic mass is 9.93. The maximum absolute atomic E-state index is 11.1. The monoisotopic (exact) mass is 419 g/mol. The van der Waals surface area contributed by atoms with Gasteiger partial charge in [0, 0.05) is 13.0 Å². The number of carbonyl (C=O) groups is 1. The van der Waals surface area contributed by atoms with Gasteiger partial charge >= 0.3 is 5.97 Å². The molecule has 4 rings (SSSR count). The zero-order valence-electron chi connectivity index (χ0n) is 18.1. The predicted octanol–water partition coefficient (Wildman–Crippen LogP) is 5.01. The molecule has 1 aliphatic heterocycles. The van der Waals surface area contributed by atoms with E-state index in [9.17, 15) is 4.79 Å². The molecule has 31 heavy (non-hydrogen) atoms. The second-order valence-electron chi connectivity index (χ2n) is 8.19. The van der Waals surface area contributed by atoms with Crippen molar-refractivity contribution < 1.29 is 19.4 Å². The van der Waals surface area contributed by atoms with Crippen LogP contribution in [0.1, 0.15) is 24.8 Å². The maximum Gasteiger partial charge on any atom is 0.303 e. The van der Waals surface area contributed by atoms with Gasteiger partial charge in [-0.25, -0.2) is 0 Å². The average Bonchev–Trinajstić information content (AvgIpc) is 2.77. The van der Waals surface area contributed by atoms with E-state index in [0.717, 1.165) is 64.9 Å². The van der Waals surface area contributed by atoms with Gasteiger partial charge in [-0.1, -0.05) is 42.5 Å². The number of hydrogen-bond donors (Lipinski definition) is 1. The van der Waals surface area contributed by atoms with Gasteiger partial charge < -0.3 is 19.5 Å². The molecule has 0 radical (unpaired) electrons. The van der Waals surface area contributed by atoms with E-state index in [2.05, 4.69) is 30.1 Å². The lowest BCUT2D eigenvalue weighted by Gasteiger charge is -2.31. The molecule has 1 fully saturated rings. The zero-order chi connectivity index (χ0) is 21.8. The molecule has 1 N–H and O–H groups in total. The van der Waals surface area contributed by atoms with Gasteiger partial charge in [-0.2, -0.15) is 0 Å². The minimum absolute atomic E-state index is 0.113. The van der Waals surface area contributed by atoms with E-state index in [-0.39, 0.29) is 12.5 Å². The highest BCUT2D eigenvalue weighted by atomic mass is 16.5. The largest absolute Gasteiger partial charge is 0.496 e. The first-order chi connectivity index (χ1) is 15.1. The Balaban J connectivity index is 1.80. The molecule has 1 atom stereocenters. The fraction of sp³-hybridized carbons (Fsp3) is 0.346. The van der Waals surface area contributed by atoms with E-state index >= 15 is 0 Å². The number of carboxylic acids is 1. The van der Waals surface area contributed by atoms with Crippen LogP contribution in [0.4, 0.5) is 0 Å². The summed E-state index contributed by atoms with van der Waals surface area (Å²) in [6.07, 6.45) is 2.92. The van der Waals surface area contributed by atoms with E-state index in [1.54, 1.807) is 7.11 Å². The average molecular weight is 420 g/mol. The van der Waals surface area contributed by atoms with Crippen molar-refractivity contribution in [3.8, 4) is 22.6 Å². The number of likely N-dealkylation sites (N-methyl/N-ethyl adjacent to an activating group) is 1. The molecule has 0 aromatic heterocycles. The maximum atomic E-state index is 11.1. The number of aryl methyl sites for hydroxylation is 1. The van der Waals surface area contributed by atoms with E-state index in [4.69, 9.17) is 14.6 Å². The van der Waals surface area contributed by atoms with Crippen molar-refractivity contribution in [2.24, 2.45) is 0 Å². The number of nitrogens with zero attached hydrogens (tertiary/aromatic N) is 1. The lowest BCUT2D eigenvalue weighted by Crippen LogP contribution is -2.38. The summed E-state index contributed by atoms with van der Waals surface area (Å²) in [5.41, 5.74) is 3.01. The standard InChI is InChI=1S/C26H29NO4/c1-27-16-6-8-19(17-27)31-24-13-5-12-23(30-2)26(24)22-11-4-9-20-18(14-15-25(28)29)7-3-10-21(20)22/h3-5,7,9-13,19H,6,8,14-17H2,1-2H3,(H,28,29). The van der Waals surface area contributed by atoms with Gasteiger partial charge in [-0.05, 0) is 66.9 Å². The van der Waals surface area contributed by atoms with Crippen LogP contribution in [-0.4, -0.2) is 49.3 Å². The number of ether oxygens (including phenoxy) is 2. The Morgan fingerprint density at radius 2 is 1.81 bits per heavy atom. The van der Waals surface area contributed by atoms with Crippen molar-refractivity contribution >= 4 is 16.7 Å². The quantitative estimate of drug-likeness (QED) is 0.584. The molecule has 3 aromatic rings. The number of aliphatic carboxylic acids is 1. The number of methoxy groups -OCH3 is 1. The van der Waals surface area contributed by atoms with Crippen LogP contribution >= 0.6 is 0 Å². The third kappa shape index (κ3) is 4.67. The lowest BCUT2D eigenvalue weighted by molar-refractivity contribution is -0.136. The van der Waals surface area contributed by atoms with Crippen molar-refractivity contribution in [1.29, 1.82) is 0 Å². The summed E-state index contributed by atoms with van der Waals surface area (Å²) in [6.45, 7) is 2.01. The Bertz CT molecular complexity index is 1080. The molecule has 0 aliphatic carbocycles. The molecule has 1 saturated heterocycles. The van der Waals surface area contributed by atoms with E-state index in [1.165, 1.54) is 0 Å². The molecule has 0 saturated carbocycles. The summed E-state index contributed by atoms with van der Waals surface area (Å²) in [4.78, 5) is 13.4. The highest BCUT2D eigenvalue weighted by Crippen LogP contribution is 2.42. The highest BCUT2D eigenvalue weighted by molar-refractivity contribution is 6.01. The Kier molecular flexibility index (Phi) is 6.42. The van der Waals surface area contributed by atoms with Crippen molar-refractivity contribution in [3.05, 3.63) is 60.2 Å². The summed E-state index contributed by atoms with van der Waals surface area (Å²) >= 11 is 0. The van der Waals surface area contributed by atoms with Crippen molar-refractivity contribution in [3.63, 3.8) is 0 Å². The molecule has 1 unspecified atom stereocenters. The van der Waals surface area contributed by atoms with Crippen LogP contribution in [0.25, 0.3) is 21.9 Å². The highest BCUT2D eigenvalue weighted by Gasteiger charge is 2.22. The van der Waals surface area contributed by atoms with Crippen molar-refractivity contribution in [2.75, 3.05) is 27.2 Å². The molecular weight excluding hydrogens is 390 g/mol. The minimum Gasteiger partial charge on any atom is -0.496 e. The smallest absolute Gasteiger partial charge is 0.303 e. The van der Waals surface area contributed by atoms with Gasteiger partial charge in [-0.15, -0.1) is 0 Å². The summed E-state index contributed by atoms with van der Waals surface area (Å²) in [6, 6.07) is 18.2. The van der Waals surface area contributed by atoms with E-state index in [0.29, 0.717) is 6.42 Å². The van der Waals surface area contributed by atoms with Crippen LogP contribution in [0.15, 0.2) is 54.6 Å².